The van der Waals surface area contributed by atoms with E-state index in [1.165, 1.54) is 18.4 Å². The second kappa shape index (κ2) is 9.44. The first-order chi connectivity index (χ1) is 12.2. The van der Waals surface area contributed by atoms with E-state index < -0.39 is 5.97 Å². The van der Waals surface area contributed by atoms with E-state index in [0.717, 1.165) is 42.3 Å². The molecular weight excluding hydrogens is 332 g/mol. The van der Waals surface area contributed by atoms with Crippen LogP contribution in [0.3, 0.4) is 0 Å². The number of thioether (sulfide) groups is 1. The summed E-state index contributed by atoms with van der Waals surface area (Å²) in [7, 11) is 0. The van der Waals surface area contributed by atoms with Gasteiger partial charge in [0.2, 0.25) is 0 Å². The fourth-order valence-corrected chi connectivity index (χ4v) is 6.05. The van der Waals surface area contributed by atoms with Crippen LogP contribution in [0.1, 0.15) is 44.1 Å². The van der Waals surface area contributed by atoms with Gasteiger partial charge in [0, 0.05) is 16.9 Å². The zero-order valence-corrected chi connectivity index (χ0v) is 15.5. The number of rotatable bonds is 10. The van der Waals surface area contributed by atoms with E-state index in [2.05, 4.69) is 48.2 Å². The van der Waals surface area contributed by atoms with Crippen molar-refractivity contribution in [3.05, 3.63) is 48.0 Å². The Labute approximate surface area is 154 Å². The van der Waals surface area contributed by atoms with Crippen LogP contribution < -0.4 is 0 Å². The molecule has 2 saturated heterocycles. The summed E-state index contributed by atoms with van der Waals surface area (Å²) in [4.78, 5) is 10.5. The van der Waals surface area contributed by atoms with Gasteiger partial charge in [-0.25, -0.2) is 0 Å². The summed E-state index contributed by atoms with van der Waals surface area (Å²) in [6, 6.07) is 10.4. The van der Waals surface area contributed by atoms with Crippen molar-refractivity contribution in [3.8, 4) is 0 Å². The number of aliphatic carboxylic acids is 1. The zero-order valence-electron chi connectivity index (χ0n) is 14.7. The van der Waals surface area contributed by atoms with Gasteiger partial charge in [-0.2, -0.15) is 11.8 Å². The number of unbranched alkanes of at least 4 members (excludes halogenated alkanes) is 1. The standard InChI is InChI=1S/C21H28O3S/c22-21(23)11-7-2-1-6-10-17-18(20-13-12-19(17)25-20)15-24-14-16-8-4-3-5-9-16/h1,3-6,8-9,17-20H,2,7,10-15H2,(H,22,23)/b6-1-/t17-,18+,19?,20+/m1/s1. The zero-order chi connectivity index (χ0) is 17.5. The molecule has 2 aliphatic rings. The van der Waals surface area contributed by atoms with Gasteiger partial charge in [-0.3, -0.25) is 4.79 Å². The lowest BCUT2D eigenvalue weighted by Crippen LogP contribution is -2.30. The minimum absolute atomic E-state index is 0.268. The number of carboxylic acids is 1. The number of hydrogen-bond acceptors (Lipinski definition) is 3. The molecule has 2 fully saturated rings. The first-order valence-corrected chi connectivity index (χ1v) is 10.3. The molecule has 2 aliphatic heterocycles. The van der Waals surface area contributed by atoms with Gasteiger partial charge in [0.05, 0.1) is 13.2 Å². The lowest BCUT2D eigenvalue weighted by Gasteiger charge is -2.29. The lowest BCUT2D eigenvalue weighted by atomic mass is 9.78. The quantitative estimate of drug-likeness (QED) is 0.475. The molecule has 3 nitrogen and oxygen atoms in total. The van der Waals surface area contributed by atoms with Gasteiger partial charge in [-0.15, -0.1) is 0 Å². The molecule has 1 aromatic rings. The van der Waals surface area contributed by atoms with Crippen molar-refractivity contribution in [2.75, 3.05) is 6.61 Å². The Morgan fingerprint density at radius 3 is 2.68 bits per heavy atom. The van der Waals surface area contributed by atoms with Crippen molar-refractivity contribution in [2.45, 2.75) is 55.6 Å². The van der Waals surface area contributed by atoms with Crippen molar-refractivity contribution in [3.63, 3.8) is 0 Å². The van der Waals surface area contributed by atoms with Crippen LogP contribution in [0.5, 0.6) is 0 Å². The number of carboxylic acid groups (broad SMARTS) is 1. The monoisotopic (exact) mass is 360 g/mol. The number of ether oxygens (including phenoxy) is 1. The Balaban J connectivity index is 1.43. The molecule has 136 valence electrons. The molecule has 4 atom stereocenters. The fourth-order valence-electron chi connectivity index (χ4n) is 4.06. The average Bonchev–Trinajstić information content (AvgIpc) is 3.21. The average molecular weight is 361 g/mol. The van der Waals surface area contributed by atoms with E-state index in [1.807, 2.05) is 6.07 Å². The van der Waals surface area contributed by atoms with E-state index in [9.17, 15) is 4.79 Å². The first-order valence-electron chi connectivity index (χ1n) is 9.38. The maximum absolute atomic E-state index is 10.5. The van der Waals surface area contributed by atoms with Crippen molar-refractivity contribution in [2.24, 2.45) is 11.8 Å². The van der Waals surface area contributed by atoms with Crippen molar-refractivity contribution >= 4 is 17.7 Å². The third kappa shape index (κ3) is 5.35. The topological polar surface area (TPSA) is 46.5 Å². The third-order valence-electron chi connectivity index (χ3n) is 5.35. The number of fused-ring (bicyclic) bond motifs is 2. The maximum atomic E-state index is 10.5. The molecule has 25 heavy (non-hydrogen) atoms. The van der Waals surface area contributed by atoms with E-state index in [0.29, 0.717) is 12.5 Å². The predicted molar refractivity (Wildman–Crippen MR) is 103 cm³/mol. The van der Waals surface area contributed by atoms with Gasteiger partial charge in [0.15, 0.2) is 0 Å². The van der Waals surface area contributed by atoms with Gasteiger partial charge in [-0.1, -0.05) is 42.5 Å². The molecule has 1 aromatic carbocycles. The molecule has 2 heterocycles. The van der Waals surface area contributed by atoms with Crippen LogP contribution in [0, 0.1) is 11.8 Å². The second-order valence-electron chi connectivity index (χ2n) is 7.11. The lowest BCUT2D eigenvalue weighted by molar-refractivity contribution is -0.137. The third-order valence-corrected chi connectivity index (χ3v) is 7.22. The molecular formula is C21H28O3S. The summed E-state index contributed by atoms with van der Waals surface area (Å²) in [6.45, 7) is 1.57. The highest BCUT2D eigenvalue weighted by molar-refractivity contribution is 8.01. The van der Waals surface area contributed by atoms with Crippen LogP contribution >= 0.6 is 11.8 Å². The summed E-state index contributed by atoms with van der Waals surface area (Å²) >= 11 is 2.17. The van der Waals surface area contributed by atoms with Gasteiger partial charge < -0.3 is 9.84 Å². The molecule has 0 saturated carbocycles. The Morgan fingerprint density at radius 2 is 1.92 bits per heavy atom. The fraction of sp³-hybridized carbons (Fsp3) is 0.571. The smallest absolute Gasteiger partial charge is 0.303 e. The van der Waals surface area contributed by atoms with Crippen molar-refractivity contribution < 1.29 is 14.6 Å². The molecule has 1 N–H and O–H groups in total. The van der Waals surface area contributed by atoms with Gasteiger partial charge >= 0.3 is 5.97 Å². The van der Waals surface area contributed by atoms with Crippen LogP contribution in [-0.4, -0.2) is 28.2 Å². The Bertz CT molecular complexity index is 572. The van der Waals surface area contributed by atoms with E-state index in [4.69, 9.17) is 9.84 Å². The highest BCUT2D eigenvalue weighted by Gasteiger charge is 2.47. The largest absolute Gasteiger partial charge is 0.481 e. The first kappa shape index (κ1) is 18.5. The molecule has 0 spiro atoms. The molecule has 1 unspecified atom stereocenters. The van der Waals surface area contributed by atoms with Crippen molar-refractivity contribution in [1.29, 1.82) is 0 Å². The van der Waals surface area contributed by atoms with Gasteiger partial charge in [-0.05, 0) is 49.5 Å². The molecule has 0 aliphatic carbocycles. The summed E-state index contributed by atoms with van der Waals surface area (Å²) in [5.74, 6) is 0.680. The van der Waals surface area contributed by atoms with Crippen LogP contribution in [-0.2, 0) is 16.1 Å². The highest BCUT2D eigenvalue weighted by atomic mass is 32.2. The van der Waals surface area contributed by atoms with Crippen LogP contribution in [0.4, 0.5) is 0 Å². The molecule has 2 bridgehead atoms. The molecule has 3 rings (SSSR count). The van der Waals surface area contributed by atoms with E-state index >= 15 is 0 Å². The Hall–Kier alpha value is -1.26. The summed E-state index contributed by atoms with van der Waals surface area (Å²) in [5.41, 5.74) is 1.24. The summed E-state index contributed by atoms with van der Waals surface area (Å²) in [5, 5.41) is 10.2. The molecule has 0 aromatic heterocycles. The van der Waals surface area contributed by atoms with Crippen molar-refractivity contribution in [1.82, 2.24) is 0 Å². The Morgan fingerprint density at radius 1 is 1.16 bits per heavy atom. The summed E-state index contributed by atoms with van der Waals surface area (Å²) in [6.07, 6.45) is 10.1. The van der Waals surface area contributed by atoms with E-state index in [1.54, 1.807) is 0 Å². The molecule has 0 radical (unpaired) electrons. The highest BCUT2D eigenvalue weighted by Crippen LogP contribution is 2.54. The maximum Gasteiger partial charge on any atom is 0.303 e. The number of carbonyl (C=O) groups is 1. The van der Waals surface area contributed by atoms with Crippen LogP contribution in [0.15, 0.2) is 42.5 Å². The number of allylic oxidation sites excluding steroid dienone is 2. The van der Waals surface area contributed by atoms with Crippen LogP contribution in [0.25, 0.3) is 0 Å². The molecule has 0 amide bonds. The van der Waals surface area contributed by atoms with Gasteiger partial charge in [0.1, 0.15) is 0 Å². The Kier molecular flexibility index (Phi) is 7.00. The number of hydrogen-bond donors (Lipinski definition) is 1. The number of benzene rings is 1. The summed E-state index contributed by atoms with van der Waals surface area (Å²) < 4.78 is 6.06. The molecule has 4 heteroatoms. The minimum atomic E-state index is -0.700. The minimum Gasteiger partial charge on any atom is -0.481 e. The van der Waals surface area contributed by atoms with Crippen LogP contribution in [0.2, 0.25) is 0 Å². The normalized spacial score (nSPS) is 28.0. The van der Waals surface area contributed by atoms with Gasteiger partial charge in [0.25, 0.3) is 0 Å². The SMILES string of the molecule is O=C(O)CCC/C=C\C[C@H]1C2CC[C@H](S2)[C@H]1COCc1ccccc1. The second-order valence-corrected chi connectivity index (χ2v) is 8.60. The predicted octanol–water partition coefficient (Wildman–Crippen LogP) is 4.91. The van der Waals surface area contributed by atoms with E-state index in [-0.39, 0.29) is 6.42 Å².